The highest BCUT2D eigenvalue weighted by atomic mass is 35.5. The molecule has 2 nitrogen and oxygen atoms in total. The summed E-state index contributed by atoms with van der Waals surface area (Å²) in [7, 11) is 0. The number of ether oxygens (including phenoxy) is 1. The number of hydrogen-bond acceptors (Lipinski definition) is 2. The average molecular weight is 273 g/mol. The van der Waals surface area contributed by atoms with Gasteiger partial charge in [0.05, 0.1) is 0 Å². The molecule has 0 aliphatic heterocycles. The van der Waals surface area contributed by atoms with Crippen LogP contribution < -0.4 is 4.74 Å². The van der Waals surface area contributed by atoms with Crippen LogP contribution in [0.4, 0.5) is 0 Å². The second-order valence-electron chi connectivity index (χ2n) is 4.45. The molecule has 0 amide bonds. The van der Waals surface area contributed by atoms with Crippen LogP contribution in [0.25, 0.3) is 11.0 Å². The van der Waals surface area contributed by atoms with Crippen LogP contribution >= 0.6 is 11.6 Å². The first-order chi connectivity index (χ1) is 9.22. The third kappa shape index (κ3) is 2.59. The third-order valence-electron chi connectivity index (χ3n) is 2.97. The Morgan fingerprint density at radius 2 is 1.95 bits per heavy atom. The summed E-state index contributed by atoms with van der Waals surface area (Å²) in [5.41, 5.74) is 2.05. The van der Waals surface area contributed by atoms with Gasteiger partial charge in [0.25, 0.3) is 0 Å². The highest BCUT2D eigenvalue weighted by molar-refractivity contribution is 6.30. The fourth-order valence-electron chi connectivity index (χ4n) is 2.04. The van der Waals surface area contributed by atoms with E-state index < -0.39 is 0 Å². The number of hydrogen-bond donors (Lipinski definition) is 0. The number of aryl methyl sites for hydroxylation is 1. The molecular weight excluding hydrogens is 260 g/mol. The van der Waals surface area contributed by atoms with E-state index in [9.17, 15) is 0 Å². The summed E-state index contributed by atoms with van der Waals surface area (Å²) in [5.74, 6) is 1.55. The minimum atomic E-state index is 0.397. The predicted molar refractivity (Wildman–Crippen MR) is 76.7 cm³/mol. The van der Waals surface area contributed by atoms with Crippen LogP contribution in [-0.2, 0) is 6.61 Å². The van der Waals surface area contributed by atoms with Gasteiger partial charge in [-0.2, -0.15) is 0 Å². The van der Waals surface area contributed by atoms with Gasteiger partial charge in [-0.05, 0) is 36.8 Å². The summed E-state index contributed by atoms with van der Waals surface area (Å²) < 4.78 is 11.5. The van der Waals surface area contributed by atoms with Crippen LogP contribution in [0.3, 0.4) is 0 Å². The van der Waals surface area contributed by atoms with Gasteiger partial charge < -0.3 is 9.15 Å². The van der Waals surface area contributed by atoms with Gasteiger partial charge in [0.2, 0.25) is 0 Å². The Morgan fingerprint density at radius 1 is 1.11 bits per heavy atom. The van der Waals surface area contributed by atoms with E-state index in [2.05, 4.69) is 0 Å². The molecule has 1 heterocycles. The van der Waals surface area contributed by atoms with E-state index in [1.807, 2.05) is 49.4 Å². The van der Waals surface area contributed by atoms with Gasteiger partial charge in [0.1, 0.15) is 23.7 Å². The van der Waals surface area contributed by atoms with Crippen LogP contribution in [0, 0.1) is 6.92 Å². The van der Waals surface area contributed by atoms with Gasteiger partial charge in [-0.3, -0.25) is 0 Å². The molecule has 1 aromatic heterocycles. The number of furan rings is 1. The molecule has 0 N–H and O–H groups in total. The molecule has 0 unspecified atom stereocenters. The van der Waals surface area contributed by atoms with E-state index in [-0.39, 0.29) is 0 Å². The van der Waals surface area contributed by atoms with Crippen molar-refractivity contribution in [2.24, 2.45) is 0 Å². The van der Waals surface area contributed by atoms with Gasteiger partial charge in [-0.25, -0.2) is 0 Å². The summed E-state index contributed by atoms with van der Waals surface area (Å²) in [6.07, 6.45) is 0. The van der Waals surface area contributed by atoms with E-state index in [0.29, 0.717) is 11.6 Å². The summed E-state index contributed by atoms with van der Waals surface area (Å²) in [6, 6.07) is 15.4. The first kappa shape index (κ1) is 12.1. The maximum Gasteiger partial charge on any atom is 0.146 e. The summed E-state index contributed by atoms with van der Waals surface area (Å²) in [5, 5.41) is 1.77. The molecule has 0 aliphatic carbocycles. The van der Waals surface area contributed by atoms with Gasteiger partial charge in [-0.15, -0.1) is 0 Å². The lowest BCUT2D eigenvalue weighted by Crippen LogP contribution is -1.93. The van der Waals surface area contributed by atoms with Crippen LogP contribution in [0.1, 0.15) is 11.3 Å². The smallest absolute Gasteiger partial charge is 0.146 e. The van der Waals surface area contributed by atoms with Gasteiger partial charge in [0.15, 0.2) is 0 Å². The molecule has 96 valence electrons. The molecule has 19 heavy (non-hydrogen) atoms. The zero-order valence-electron chi connectivity index (χ0n) is 10.5. The van der Waals surface area contributed by atoms with Crippen molar-refractivity contribution >= 4 is 22.6 Å². The van der Waals surface area contributed by atoms with Gasteiger partial charge in [-0.1, -0.05) is 35.9 Å². The molecule has 3 aromatic rings. The fraction of sp³-hybridized carbons (Fsp3) is 0.125. The minimum Gasteiger partial charge on any atom is -0.486 e. The largest absolute Gasteiger partial charge is 0.486 e. The summed E-state index contributed by atoms with van der Waals surface area (Å²) in [4.78, 5) is 0. The molecule has 0 saturated heterocycles. The topological polar surface area (TPSA) is 22.4 Å². The molecule has 0 fully saturated rings. The van der Waals surface area contributed by atoms with Crippen molar-refractivity contribution < 1.29 is 9.15 Å². The number of para-hydroxylation sites is 1. The lowest BCUT2D eigenvalue weighted by molar-refractivity contribution is 0.274. The van der Waals surface area contributed by atoms with Gasteiger partial charge >= 0.3 is 0 Å². The lowest BCUT2D eigenvalue weighted by Gasteiger charge is -2.03. The van der Waals surface area contributed by atoms with Crippen molar-refractivity contribution in [1.29, 1.82) is 0 Å². The average Bonchev–Trinajstić information content (AvgIpc) is 2.81. The van der Waals surface area contributed by atoms with E-state index in [1.54, 1.807) is 6.07 Å². The summed E-state index contributed by atoms with van der Waals surface area (Å²) in [6.45, 7) is 2.43. The van der Waals surface area contributed by atoms with Crippen LogP contribution in [0.2, 0.25) is 5.02 Å². The van der Waals surface area contributed by atoms with Crippen LogP contribution in [0.5, 0.6) is 5.75 Å². The Labute approximate surface area is 116 Å². The van der Waals surface area contributed by atoms with Crippen molar-refractivity contribution in [2.75, 3.05) is 0 Å². The molecule has 0 aliphatic rings. The Hall–Kier alpha value is -1.93. The van der Waals surface area contributed by atoms with E-state index in [1.165, 1.54) is 0 Å². The van der Waals surface area contributed by atoms with Crippen LogP contribution in [-0.4, -0.2) is 0 Å². The van der Waals surface area contributed by atoms with E-state index >= 15 is 0 Å². The third-order valence-corrected chi connectivity index (χ3v) is 3.20. The predicted octanol–water partition coefficient (Wildman–Crippen LogP) is 4.97. The maximum atomic E-state index is 5.91. The van der Waals surface area contributed by atoms with E-state index in [0.717, 1.165) is 28.0 Å². The highest BCUT2D eigenvalue weighted by Gasteiger charge is 2.06. The lowest BCUT2D eigenvalue weighted by atomic mass is 10.2. The second-order valence-corrected chi connectivity index (χ2v) is 4.89. The standard InChI is InChI=1S/C16H13ClO2/c1-11-4-2-5-12-8-15(19-16(11)12)10-18-14-7-3-6-13(17)9-14/h2-9H,10H2,1H3. The Bertz CT molecular complexity index is 716. The van der Waals surface area contributed by atoms with Crippen molar-refractivity contribution in [3.05, 3.63) is 64.9 Å². The van der Waals surface area contributed by atoms with Crippen molar-refractivity contribution in [3.63, 3.8) is 0 Å². The fourth-order valence-corrected chi connectivity index (χ4v) is 2.22. The molecule has 3 heteroatoms. The molecule has 0 spiro atoms. The number of benzene rings is 2. The number of halogens is 1. The molecular formula is C16H13ClO2. The zero-order valence-corrected chi connectivity index (χ0v) is 11.3. The zero-order chi connectivity index (χ0) is 13.2. The first-order valence-corrected chi connectivity index (χ1v) is 6.46. The molecule has 2 aromatic carbocycles. The molecule has 0 bridgehead atoms. The Kier molecular flexibility index (Phi) is 3.18. The second kappa shape index (κ2) is 4.98. The number of fused-ring (bicyclic) bond motifs is 1. The molecule has 0 atom stereocenters. The molecule has 0 radical (unpaired) electrons. The number of rotatable bonds is 3. The van der Waals surface area contributed by atoms with E-state index in [4.69, 9.17) is 20.8 Å². The van der Waals surface area contributed by atoms with Crippen molar-refractivity contribution in [1.82, 2.24) is 0 Å². The minimum absolute atomic E-state index is 0.397. The molecule has 3 rings (SSSR count). The Morgan fingerprint density at radius 3 is 2.74 bits per heavy atom. The Balaban J connectivity index is 1.80. The maximum absolute atomic E-state index is 5.91. The van der Waals surface area contributed by atoms with Gasteiger partial charge in [0, 0.05) is 10.4 Å². The molecule has 0 saturated carbocycles. The van der Waals surface area contributed by atoms with Crippen molar-refractivity contribution in [3.8, 4) is 5.75 Å². The quantitative estimate of drug-likeness (QED) is 0.671. The normalized spacial score (nSPS) is 10.8. The van der Waals surface area contributed by atoms with Crippen molar-refractivity contribution in [2.45, 2.75) is 13.5 Å². The van der Waals surface area contributed by atoms with Crippen LogP contribution in [0.15, 0.2) is 52.9 Å². The first-order valence-electron chi connectivity index (χ1n) is 6.09. The summed E-state index contributed by atoms with van der Waals surface area (Å²) >= 11 is 5.91. The highest BCUT2D eigenvalue weighted by Crippen LogP contribution is 2.24. The SMILES string of the molecule is Cc1cccc2cc(COc3cccc(Cl)c3)oc12. The monoisotopic (exact) mass is 272 g/mol.